The molecule has 2 radical (unpaired) electrons. The van der Waals surface area contributed by atoms with Gasteiger partial charge in [0.2, 0.25) is 0 Å². The molecule has 0 amide bonds. The quantitative estimate of drug-likeness (QED) is 0.694. The Hall–Kier alpha value is -1.08. The molecule has 1 aliphatic rings. The van der Waals surface area contributed by atoms with Crippen LogP contribution in [0.2, 0.25) is 0 Å². The summed E-state index contributed by atoms with van der Waals surface area (Å²) in [5.74, 6) is 0. The van der Waals surface area contributed by atoms with E-state index in [1.54, 1.807) is 10.8 Å². The van der Waals surface area contributed by atoms with E-state index in [9.17, 15) is 0 Å². The molecule has 82 valence electrons. The second kappa shape index (κ2) is 4.83. The van der Waals surface area contributed by atoms with Crippen LogP contribution in [0.25, 0.3) is 0 Å². The molecule has 0 aromatic heterocycles. The minimum Gasteiger partial charge on any atom is -0.0806 e. The molecule has 0 bridgehead atoms. The lowest BCUT2D eigenvalue weighted by Crippen LogP contribution is -2.20. The third-order valence-electron chi connectivity index (χ3n) is 3.30. The minimum absolute atomic E-state index is 0.858. The first-order chi connectivity index (χ1) is 7.72. The molecule has 0 atom stereocenters. The van der Waals surface area contributed by atoms with Gasteiger partial charge in [0.1, 0.15) is 9.52 Å². The first-order valence-electron chi connectivity index (χ1n) is 5.94. The van der Waals surface area contributed by atoms with Crippen molar-refractivity contribution in [3.63, 3.8) is 0 Å². The molecule has 0 fully saturated rings. The summed E-state index contributed by atoms with van der Waals surface area (Å²) in [7, 11) is 0.858. The first kappa shape index (κ1) is 11.4. The van der Waals surface area contributed by atoms with Gasteiger partial charge in [-0.25, -0.2) is 0 Å². The van der Waals surface area contributed by atoms with E-state index < -0.39 is 0 Å². The van der Waals surface area contributed by atoms with E-state index in [4.69, 9.17) is 0 Å². The van der Waals surface area contributed by atoms with Gasteiger partial charge in [-0.15, -0.1) is 0 Å². The van der Waals surface area contributed by atoms with Crippen molar-refractivity contribution in [2.24, 2.45) is 0 Å². The molecule has 0 aliphatic heterocycles. The number of hydrogen-bond donors (Lipinski definition) is 0. The summed E-state index contributed by atoms with van der Waals surface area (Å²) < 4.78 is 0. The van der Waals surface area contributed by atoms with Crippen molar-refractivity contribution in [2.75, 3.05) is 0 Å². The van der Waals surface area contributed by atoms with Crippen molar-refractivity contribution in [1.82, 2.24) is 0 Å². The molecular formula is C15H18Si. The molecule has 1 aromatic carbocycles. The number of hydrogen-bond acceptors (Lipinski definition) is 0. The topological polar surface area (TPSA) is 0 Å². The van der Waals surface area contributed by atoms with Crippen LogP contribution in [0.5, 0.6) is 0 Å². The van der Waals surface area contributed by atoms with Gasteiger partial charge in [0.25, 0.3) is 0 Å². The molecule has 0 spiro atoms. The highest BCUT2D eigenvalue weighted by Gasteiger charge is 2.11. The van der Waals surface area contributed by atoms with Gasteiger partial charge in [0.15, 0.2) is 0 Å². The average Bonchev–Trinajstić information content (AvgIpc) is 2.72. The van der Waals surface area contributed by atoms with Crippen LogP contribution in [0.3, 0.4) is 0 Å². The molecule has 0 saturated heterocycles. The molecule has 1 aliphatic carbocycles. The van der Waals surface area contributed by atoms with Crippen molar-refractivity contribution in [3.05, 3.63) is 52.2 Å². The molecule has 0 saturated carbocycles. The highest BCUT2D eigenvalue weighted by Crippen LogP contribution is 2.20. The molecule has 0 unspecified atom stereocenters. The van der Waals surface area contributed by atoms with Gasteiger partial charge in [-0.1, -0.05) is 53.2 Å². The van der Waals surface area contributed by atoms with Gasteiger partial charge >= 0.3 is 0 Å². The number of allylic oxidation sites excluding steroid dienone is 4. The Morgan fingerprint density at radius 2 is 2.06 bits per heavy atom. The predicted octanol–water partition coefficient (Wildman–Crippen LogP) is 3.26. The van der Waals surface area contributed by atoms with Crippen molar-refractivity contribution in [2.45, 2.75) is 33.6 Å². The van der Waals surface area contributed by atoms with Gasteiger partial charge in [-0.3, -0.25) is 0 Å². The Balaban J connectivity index is 2.25. The van der Waals surface area contributed by atoms with Gasteiger partial charge in [0, 0.05) is 0 Å². The molecule has 2 rings (SSSR count). The van der Waals surface area contributed by atoms with Crippen molar-refractivity contribution < 1.29 is 0 Å². The Morgan fingerprint density at radius 3 is 2.81 bits per heavy atom. The average molecular weight is 226 g/mol. The molecule has 0 heterocycles. The zero-order chi connectivity index (χ0) is 11.5. The van der Waals surface area contributed by atoms with Crippen LogP contribution in [0.1, 0.15) is 30.9 Å². The lowest BCUT2D eigenvalue weighted by atomic mass is 10.1. The fourth-order valence-corrected chi connectivity index (χ4v) is 3.59. The maximum absolute atomic E-state index is 2.30. The van der Waals surface area contributed by atoms with Gasteiger partial charge in [-0.2, -0.15) is 0 Å². The smallest absolute Gasteiger partial charge is 0.0806 e. The van der Waals surface area contributed by atoms with E-state index >= 15 is 0 Å². The zero-order valence-electron chi connectivity index (χ0n) is 10.3. The molecule has 1 aromatic rings. The Kier molecular flexibility index (Phi) is 3.45. The SMILES string of the molecule is CCC1=C([Si]c2cccc(C)c2C)CC=C1. The Labute approximate surface area is 101 Å². The summed E-state index contributed by atoms with van der Waals surface area (Å²) in [5.41, 5.74) is 4.43. The summed E-state index contributed by atoms with van der Waals surface area (Å²) in [6, 6.07) is 6.66. The van der Waals surface area contributed by atoms with Crippen LogP contribution in [0.4, 0.5) is 0 Å². The lowest BCUT2D eigenvalue weighted by Gasteiger charge is -2.09. The first-order valence-corrected chi connectivity index (χ1v) is 6.94. The van der Waals surface area contributed by atoms with Gasteiger partial charge < -0.3 is 0 Å². The second-order valence-corrected chi connectivity index (χ2v) is 5.73. The number of benzene rings is 1. The van der Waals surface area contributed by atoms with Gasteiger partial charge in [0.05, 0.1) is 0 Å². The maximum Gasteiger partial charge on any atom is 0.117 e. The summed E-state index contributed by atoms with van der Waals surface area (Å²) in [5, 5.41) is 3.15. The summed E-state index contributed by atoms with van der Waals surface area (Å²) in [6.45, 7) is 6.69. The second-order valence-electron chi connectivity index (χ2n) is 4.34. The van der Waals surface area contributed by atoms with Crippen molar-refractivity contribution in [1.29, 1.82) is 0 Å². The van der Waals surface area contributed by atoms with E-state index in [2.05, 4.69) is 51.1 Å². The normalized spacial score (nSPS) is 14.9. The highest BCUT2D eigenvalue weighted by molar-refractivity contribution is 6.62. The van der Waals surface area contributed by atoms with Crippen molar-refractivity contribution in [3.8, 4) is 0 Å². The standard InChI is InChI=1S/C15H18Si/c1-4-13-8-6-10-15(13)16-14-9-5-7-11(2)12(14)3/h5-9H,4,10H2,1-3H3. The van der Waals surface area contributed by atoms with E-state index in [1.807, 2.05) is 0 Å². The van der Waals surface area contributed by atoms with Crippen LogP contribution < -0.4 is 5.19 Å². The van der Waals surface area contributed by atoms with E-state index in [-0.39, 0.29) is 0 Å². The third-order valence-corrected chi connectivity index (χ3v) is 4.94. The van der Waals surface area contributed by atoms with Crippen LogP contribution in [-0.2, 0) is 0 Å². The Morgan fingerprint density at radius 1 is 1.25 bits per heavy atom. The zero-order valence-corrected chi connectivity index (χ0v) is 11.3. The molecule has 16 heavy (non-hydrogen) atoms. The van der Waals surface area contributed by atoms with Crippen LogP contribution in [-0.4, -0.2) is 9.52 Å². The van der Waals surface area contributed by atoms with Crippen LogP contribution in [0.15, 0.2) is 41.1 Å². The van der Waals surface area contributed by atoms with Gasteiger partial charge in [-0.05, 0) is 37.8 Å². The van der Waals surface area contributed by atoms with E-state index in [0.29, 0.717) is 0 Å². The molecule has 1 heteroatoms. The Bertz CT molecular complexity index is 453. The summed E-state index contributed by atoms with van der Waals surface area (Å²) >= 11 is 0. The van der Waals surface area contributed by atoms with Crippen LogP contribution >= 0.6 is 0 Å². The molecule has 0 N–H and O–H groups in total. The lowest BCUT2D eigenvalue weighted by molar-refractivity contribution is 1.14. The summed E-state index contributed by atoms with van der Waals surface area (Å²) in [4.78, 5) is 0. The fraction of sp³-hybridized carbons (Fsp3) is 0.333. The maximum atomic E-state index is 2.30. The third kappa shape index (κ3) is 2.19. The number of rotatable bonds is 3. The summed E-state index contributed by atoms with van der Waals surface area (Å²) in [6.07, 6.45) is 6.93. The fourth-order valence-electron chi connectivity index (χ4n) is 2.06. The largest absolute Gasteiger partial charge is 0.117 e. The van der Waals surface area contributed by atoms with Crippen molar-refractivity contribution >= 4 is 14.7 Å². The van der Waals surface area contributed by atoms with Crippen LogP contribution in [0, 0.1) is 13.8 Å². The van der Waals surface area contributed by atoms with E-state index in [0.717, 1.165) is 15.9 Å². The predicted molar refractivity (Wildman–Crippen MR) is 72.4 cm³/mol. The highest BCUT2D eigenvalue weighted by atomic mass is 28.2. The monoisotopic (exact) mass is 226 g/mol. The van der Waals surface area contributed by atoms with E-state index in [1.165, 1.54) is 22.7 Å². The molecule has 0 nitrogen and oxygen atoms in total. The number of aryl methyl sites for hydroxylation is 1. The minimum atomic E-state index is 0.858. The molecular weight excluding hydrogens is 208 g/mol.